The Bertz CT molecular complexity index is 543. The average Bonchev–Trinajstić information content (AvgIpc) is 2.31. The molecule has 0 spiro atoms. The molecule has 0 saturated heterocycles. The maximum atomic E-state index is 11.9. The third kappa shape index (κ3) is 6.42. The summed E-state index contributed by atoms with van der Waals surface area (Å²) in [6, 6.07) is 2.73. The zero-order valence-electron chi connectivity index (χ0n) is 11.8. The molecule has 1 rings (SSSR count). The van der Waals surface area contributed by atoms with Gasteiger partial charge in [-0.3, -0.25) is 0 Å². The van der Waals surface area contributed by atoms with Crippen molar-refractivity contribution in [2.24, 2.45) is 5.11 Å². The molecule has 0 saturated carbocycles. The van der Waals surface area contributed by atoms with Crippen molar-refractivity contribution < 1.29 is 26.4 Å². The number of rotatable bonds is 5. The summed E-state index contributed by atoms with van der Waals surface area (Å²) in [5, 5.41) is 3.57. The first-order chi connectivity index (χ1) is 9.24. The minimum Gasteiger partial charge on any atom is -1.00 e. The Hall–Kier alpha value is -1.17. The van der Waals surface area contributed by atoms with Crippen LogP contribution in [-0.2, 0) is 4.74 Å². The Morgan fingerprint density at radius 3 is 2.29 bits per heavy atom. The zero-order valence-corrected chi connectivity index (χ0v) is 14.1. The van der Waals surface area contributed by atoms with Gasteiger partial charge in [0.2, 0.25) is 0 Å². The maximum Gasteiger partial charge on any atom is 0.338 e. The van der Waals surface area contributed by atoms with Crippen LogP contribution in [0.2, 0.25) is 10.0 Å². The lowest BCUT2D eigenvalue weighted by Gasteiger charge is -2.23. The Labute approximate surface area is 139 Å². The molecule has 0 fully saturated rings. The van der Waals surface area contributed by atoms with Gasteiger partial charge < -0.3 is 21.6 Å². The second-order valence-electron chi connectivity index (χ2n) is 5.13. The van der Waals surface area contributed by atoms with Gasteiger partial charge in [0.1, 0.15) is 13.2 Å². The molecule has 0 bridgehead atoms. The van der Waals surface area contributed by atoms with E-state index in [0.717, 1.165) is 0 Å². The van der Waals surface area contributed by atoms with E-state index in [0.29, 0.717) is 11.0 Å². The number of nitrogens with zero attached hydrogens (tertiary/aromatic N) is 4. The molecule has 0 atom stereocenters. The number of carbonyl (C=O) groups excluding carboxylic acids is 1. The highest BCUT2D eigenvalue weighted by molar-refractivity contribution is 6.39. The summed E-state index contributed by atoms with van der Waals surface area (Å²) in [7, 11) is 5.99. The van der Waals surface area contributed by atoms with Crippen LogP contribution in [-0.4, -0.2) is 44.7 Å². The molecule has 0 heterocycles. The van der Waals surface area contributed by atoms with Crippen molar-refractivity contribution in [3.8, 4) is 0 Å². The fourth-order valence-electron chi connectivity index (χ4n) is 1.32. The van der Waals surface area contributed by atoms with Crippen molar-refractivity contribution in [1.82, 2.24) is 0 Å². The van der Waals surface area contributed by atoms with E-state index in [-0.39, 0.29) is 40.3 Å². The van der Waals surface area contributed by atoms with Gasteiger partial charge in [-0.2, -0.15) is 0 Å². The van der Waals surface area contributed by atoms with Crippen LogP contribution < -0.4 is 12.4 Å². The van der Waals surface area contributed by atoms with Crippen molar-refractivity contribution >= 4 is 34.9 Å². The molecule has 0 aliphatic carbocycles. The number of ether oxygens (including phenoxy) is 1. The first-order valence-electron chi connectivity index (χ1n) is 5.76. The Kier molecular flexibility index (Phi) is 7.85. The van der Waals surface area contributed by atoms with E-state index < -0.39 is 5.97 Å². The first kappa shape index (κ1) is 19.8. The molecule has 0 radical (unpaired) electrons. The molecule has 0 N–H and O–H groups in total. The van der Waals surface area contributed by atoms with Crippen molar-refractivity contribution in [2.75, 3.05) is 34.3 Å². The van der Waals surface area contributed by atoms with Crippen LogP contribution in [0.3, 0.4) is 0 Å². The molecule has 0 unspecified atom stereocenters. The number of carbonyl (C=O) groups is 1. The quantitative estimate of drug-likeness (QED) is 0.258. The molecular weight excluding hydrogens is 339 g/mol. The highest BCUT2D eigenvalue weighted by atomic mass is 35.5. The highest BCUT2D eigenvalue weighted by Crippen LogP contribution is 2.34. The van der Waals surface area contributed by atoms with Gasteiger partial charge in [0.25, 0.3) is 0 Å². The molecule has 1 aromatic carbocycles. The van der Waals surface area contributed by atoms with E-state index in [2.05, 4.69) is 10.0 Å². The van der Waals surface area contributed by atoms with Gasteiger partial charge in [0.05, 0.1) is 42.4 Å². The Morgan fingerprint density at radius 1 is 1.33 bits per heavy atom. The second-order valence-corrected chi connectivity index (χ2v) is 5.94. The Balaban J connectivity index is 0.00000400. The molecule has 0 aliphatic rings. The van der Waals surface area contributed by atoms with E-state index in [9.17, 15) is 4.79 Å². The lowest BCUT2D eigenvalue weighted by Crippen LogP contribution is -3.00. The van der Waals surface area contributed by atoms with Crippen LogP contribution in [0, 0.1) is 0 Å². The summed E-state index contributed by atoms with van der Waals surface area (Å²) >= 11 is 11.8. The van der Waals surface area contributed by atoms with Gasteiger partial charge in [0.15, 0.2) is 0 Å². The van der Waals surface area contributed by atoms with E-state index in [4.69, 9.17) is 33.5 Å². The fourth-order valence-corrected chi connectivity index (χ4v) is 1.88. The third-order valence-corrected chi connectivity index (χ3v) is 2.97. The molecule has 0 aliphatic heterocycles. The SMILES string of the molecule is C[N+](C)(C)CCOC(=O)c1cc(Cl)c(N=[N+]=[N-])c(Cl)c1.[Cl-]. The molecule has 0 aromatic heterocycles. The number of hydrogen-bond donors (Lipinski definition) is 0. The lowest BCUT2D eigenvalue weighted by atomic mass is 10.2. The molecular formula is C12H15Cl3N4O2. The van der Waals surface area contributed by atoms with Crippen LogP contribution in [0.5, 0.6) is 0 Å². The molecule has 9 heteroatoms. The monoisotopic (exact) mass is 352 g/mol. The minimum absolute atomic E-state index is 0. The van der Waals surface area contributed by atoms with Crippen LogP contribution >= 0.6 is 23.2 Å². The lowest BCUT2D eigenvalue weighted by molar-refractivity contribution is -0.870. The van der Waals surface area contributed by atoms with Crippen LogP contribution in [0.4, 0.5) is 5.69 Å². The summed E-state index contributed by atoms with van der Waals surface area (Å²) in [5.74, 6) is -0.519. The van der Waals surface area contributed by atoms with Gasteiger partial charge >= 0.3 is 5.97 Å². The maximum absolute atomic E-state index is 11.9. The molecule has 116 valence electrons. The predicted molar refractivity (Wildman–Crippen MR) is 78.4 cm³/mol. The largest absolute Gasteiger partial charge is 1.00 e. The van der Waals surface area contributed by atoms with Crippen LogP contribution in [0.25, 0.3) is 10.4 Å². The topological polar surface area (TPSA) is 75.1 Å². The first-order valence-corrected chi connectivity index (χ1v) is 6.52. The van der Waals surface area contributed by atoms with Crippen molar-refractivity contribution in [3.63, 3.8) is 0 Å². The number of quaternary nitrogens is 1. The summed E-state index contributed by atoms with van der Waals surface area (Å²) in [4.78, 5) is 14.5. The van der Waals surface area contributed by atoms with Crippen LogP contribution in [0.15, 0.2) is 17.2 Å². The third-order valence-electron chi connectivity index (χ3n) is 2.39. The van der Waals surface area contributed by atoms with Gasteiger partial charge in [-0.15, -0.1) is 0 Å². The van der Waals surface area contributed by atoms with Gasteiger partial charge in [-0.25, -0.2) is 4.79 Å². The number of hydrogen-bond acceptors (Lipinski definition) is 3. The number of benzene rings is 1. The fraction of sp³-hybridized carbons (Fsp3) is 0.417. The van der Waals surface area contributed by atoms with Gasteiger partial charge in [-0.05, 0) is 17.7 Å². The summed E-state index contributed by atoms with van der Waals surface area (Å²) in [6.45, 7) is 0.972. The number of halogens is 3. The number of likely N-dealkylation sites (N-methyl/N-ethyl adjacent to an activating group) is 1. The standard InChI is InChI=1S/C12H15Cl2N4O2.ClH/c1-18(2,3)4-5-20-12(19)8-6-9(13)11(16-17-15)10(14)7-8;/h6-7H,4-5H2,1-3H3;1H/q+1;/p-1. The highest BCUT2D eigenvalue weighted by Gasteiger charge is 2.15. The summed E-state index contributed by atoms with van der Waals surface area (Å²) < 4.78 is 5.82. The van der Waals surface area contributed by atoms with Crippen LogP contribution in [0.1, 0.15) is 10.4 Å². The Morgan fingerprint density at radius 2 is 1.86 bits per heavy atom. The van der Waals surface area contributed by atoms with E-state index >= 15 is 0 Å². The van der Waals surface area contributed by atoms with E-state index in [1.165, 1.54) is 12.1 Å². The van der Waals surface area contributed by atoms with Gasteiger partial charge in [0, 0.05) is 4.91 Å². The molecule has 0 amide bonds. The summed E-state index contributed by atoms with van der Waals surface area (Å²) in [6.07, 6.45) is 0. The summed E-state index contributed by atoms with van der Waals surface area (Å²) in [5.41, 5.74) is 8.70. The molecule has 21 heavy (non-hydrogen) atoms. The predicted octanol–water partition coefficient (Wildman–Crippen LogP) is 0.802. The van der Waals surface area contributed by atoms with Gasteiger partial charge in [-0.1, -0.05) is 28.3 Å². The molecule has 1 aromatic rings. The van der Waals surface area contributed by atoms with Crippen molar-refractivity contribution in [2.45, 2.75) is 0 Å². The average molecular weight is 354 g/mol. The normalized spacial score (nSPS) is 10.3. The zero-order chi connectivity index (χ0) is 15.3. The minimum atomic E-state index is -0.519. The van der Waals surface area contributed by atoms with Crippen molar-refractivity contribution in [3.05, 3.63) is 38.2 Å². The molecule has 6 nitrogen and oxygen atoms in total. The number of esters is 1. The van der Waals surface area contributed by atoms with Crippen molar-refractivity contribution in [1.29, 1.82) is 0 Å². The number of azide groups is 1. The second kappa shape index (κ2) is 8.32. The van der Waals surface area contributed by atoms with E-state index in [1.807, 2.05) is 21.1 Å². The smallest absolute Gasteiger partial charge is 0.338 e. The van der Waals surface area contributed by atoms with E-state index in [1.54, 1.807) is 0 Å².